The minimum atomic E-state index is -0.996. The molecule has 8 nitrogen and oxygen atoms in total. The van der Waals surface area contributed by atoms with Gasteiger partial charge in [0.05, 0.1) is 11.8 Å². The number of carbonyl (C=O) groups excluding carboxylic acids is 2. The van der Waals surface area contributed by atoms with E-state index in [1.165, 1.54) is 9.80 Å². The van der Waals surface area contributed by atoms with E-state index in [2.05, 4.69) is 0 Å². The van der Waals surface area contributed by atoms with Crippen LogP contribution in [-0.4, -0.2) is 69.9 Å². The van der Waals surface area contributed by atoms with Crippen LogP contribution in [0.25, 0.3) is 0 Å². The highest BCUT2D eigenvalue weighted by molar-refractivity contribution is 5.87. The zero-order valence-corrected chi connectivity index (χ0v) is 10.8. The molecular formula is C12H16N2O6. The Hall–Kier alpha value is -2.12. The predicted molar refractivity (Wildman–Crippen MR) is 64.6 cm³/mol. The van der Waals surface area contributed by atoms with Crippen molar-refractivity contribution in [3.8, 4) is 0 Å². The van der Waals surface area contributed by atoms with E-state index >= 15 is 0 Å². The van der Waals surface area contributed by atoms with Crippen LogP contribution in [0.15, 0.2) is 0 Å². The maximum Gasteiger partial charge on any atom is 0.308 e. The highest BCUT2D eigenvalue weighted by Gasteiger charge is 2.37. The van der Waals surface area contributed by atoms with Crippen LogP contribution in [0.4, 0.5) is 0 Å². The average molecular weight is 284 g/mol. The smallest absolute Gasteiger partial charge is 0.308 e. The second kappa shape index (κ2) is 5.48. The molecule has 20 heavy (non-hydrogen) atoms. The van der Waals surface area contributed by atoms with Gasteiger partial charge in [0.15, 0.2) is 0 Å². The molecule has 0 radical (unpaired) electrons. The van der Waals surface area contributed by atoms with Gasteiger partial charge in [-0.15, -0.1) is 0 Å². The lowest BCUT2D eigenvalue weighted by molar-refractivity contribution is -0.142. The lowest BCUT2D eigenvalue weighted by atomic mass is 10.1. The van der Waals surface area contributed by atoms with Crippen LogP contribution in [0.3, 0.4) is 0 Å². The van der Waals surface area contributed by atoms with E-state index in [9.17, 15) is 19.2 Å². The molecule has 2 aliphatic heterocycles. The summed E-state index contributed by atoms with van der Waals surface area (Å²) in [4.78, 5) is 47.7. The number of carboxylic acids is 2. The van der Waals surface area contributed by atoms with Crippen molar-refractivity contribution in [3.05, 3.63) is 0 Å². The maximum atomic E-state index is 11.6. The number of nitrogens with zero attached hydrogens (tertiary/aromatic N) is 2. The van der Waals surface area contributed by atoms with Crippen LogP contribution in [-0.2, 0) is 19.2 Å². The molecule has 0 aliphatic carbocycles. The minimum Gasteiger partial charge on any atom is -0.481 e. The van der Waals surface area contributed by atoms with E-state index in [-0.39, 0.29) is 50.8 Å². The van der Waals surface area contributed by atoms with Gasteiger partial charge in [-0.2, -0.15) is 0 Å². The molecule has 0 unspecified atom stereocenters. The summed E-state index contributed by atoms with van der Waals surface area (Å²) in [5.41, 5.74) is 0. The summed E-state index contributed by atoms with van der Waals surface area (Å²) in [6.45, 7) is 0.804. The Morgan fingerprint density at radius 3 is 1.50 bits per heavy atom. The molecule has 0 aromatic rings. The zero-order chi connectivity index (χ0) is 14.9. The Morgan fingerprint density at radius 2 is 1.25 bits per heavy atom. The number of hydrogen-bond donors (Lipinski definition) is 2. The van der Waals surface area contributed by atoms with Crippen molar-refractivity contribution in [1.29, 1.82) is 0 Å². The molecule has 0 spiro atoms. The number of likely N-dealkylation sites (tertiary alicyclic amines) is 2. The summed E-state index contributed by atoms with van der Waals surface area (Å²) < 4.78 is 0. The normalized spacial score (nSPS) is 26.4. The SMILES string of the molecule is O=C(O)[C@@H]1CC(=O)N(CCN2C[C@H](C(=O)O)CC2=O)C1. The van der Waals surface area contributed by atoms with Gasteiger partial charge >= 0.3 is 11.9 Å². The zero-order valence-electron chi connectivity index (χ0n) is 10.8. The number of rotatable bonds is 5. The van der Waals surface area contributed by atoms with E-state index in [1.54, 1.807) is 0 Å². The molecule has 0 bridgehead atoms. The van der Waals surface area contributed by atoms with Gasteiger partial charge in [0.25, 0.3) is 0 Å². The number of carboxylic acid groups (broad SMARTS) is 2. The van der Waals surface area contributed by atoms with E-state index in [0.29, 0.717) is 0 Å². The average Bonchev–Trinajstić information content (AvgIpc) is 2.91. The number of hydrogen-bond acceptors (Lipinski definition) is 4. The molecule has 2 aliphatic rings. The molecule has 2 rings (SSSR count). The molecule has 2 saturated heterocycles. The van der Waals surface area contributed by atoms with Gasteiger partial charge in [-0.3, -0.25) is 19.2 Å². The van der Waals surface area contributed by atoms with Crippen molar-refractivity contribution < 1.29 is 29.4 Å². The van der Waals surface area contributed by atoms with Crippen LogP contribution < -0.4 is 0 Å². The Morgan fingerprint density at radius 1 is 0.900 bits per heavy atom. The lowest BCUT2D eigenvalue weighted by Gasteiger charge is -2.21. The number of amides is 2. The van der Waals surface area contributed by atoms with Crippen molar-refractivity contribution in [2.24, 2.45) is 11.8 Å². The van der Waals surface area contributed by atoms with Gasteiger partial charge in [-0.1, -0.05) is 0 Å². The summed E-state index contributed by atoms with van der Waals surface area (Å²) >= 11 is 0. The first-order valence-electron chi connectivity index (χ1n) is 6.39. The van der Waals surface area contributed by atoms with Crippen LogP contribution in [0.1, 0.15) is 12.8 Å². The van der Waals surface area contributed by atoms with Gasteiger partial charge < -0.3 is 20.0 Å². The quantitative estimate of drug-likeness (QED) is 0.659. The van der Waals surface area contributed by atoms with Gasteiger partial charge in [-0.25, -0.2) is 0 Å². The molecule has 2 amide bonds. The van der Waals surface area contributed by atoms with Gasteiger partial charge in [-0.05, 0) is 0 Å². The third-order valence-corrected chi connectivity index (χ3v) is 3.77. The van der Waals surface area contributed by atoms with E-state index in [1.807, 2.05) is 0 Å². The van der Waals surface area contributed by atoms with Crippen LogP contribution in [0.2, 0.25) is 0 Å². The third kappa shape index (κ3) is 2.89. The second-order valence-corrected chi connectivity index (χ2v) is 5.16. The van der Waals surface area contributed by atoms with Crippen LogP contribution in [0.5, 0.6) is 0 Å². The minimum absolute atomic E-state index is 0.0129. The monoisotopic (exact) mass is 284 g/mol. The number of carbonyl (C=O) groups is 4. The topological polar surface area (TPSA) is 115 Å². The Bertz CT molecular complexity index is 421. The van der Waals surface area contributed by atoms with E-state index in [0.717, 1.165) is 0 Å². The molecule has 2 fully saturated rings. The van der Waals surface area contributed by atoms with E-state index in [4.69, 9.17) is 10.2 Å². The molecule has 2 heterocycles. The molecule has 110 valence electrons. The highest BCUT2D eigenvalue weighted by Crippen LogP contribution is 2.20. The largest absolute Gasteiger partial charge is 0.481 e. The molecule has 0 aromatic carbocycles. The van der Waals surface area contributed by atoms with Gasteiger partial charge in [0.2, 0.25) is 11.8 Å². The Labute approximate surface area is 114 Å². The van der Waals surface area contributed by atoms with Crippen molar-refractivity contribution in [2.45, 2.75) is 12.8 Å². The fourth-order valence-electron chi connectivity index (χ4n) is 2.55. The first kappa shape index (κ1) is 14.3. The standard InChI is InChI=1S/C12H16N2O6/c15-9-3-7(11(17)18)5-13(9)1-2-14-6-8(12(19)20)4-10(14)16/h7-8H,1-6H2,(H,17,18)(H,19,20)/t7-,8-/m1/s1. The summed E-state index contributed by atoms with van der Waals surface area (Å²) in [5.74, 6) is -3.85. The highest BCUT2D eigenvalue weighted by atomic mass is 16.4. The van der Waals surface area contributed by atoms with Gasteiger partial charge in [0, 0.05) is 39.0 Å². The lowest BCUT2D eigenvalue weighted by Crippen LogP contribution is -2.37. The molecule has 2 N–H and O–H groups in total. The predicted octanol–water partition coefficient (Wildman–Crippen LogP) is -1.15. The third-order valence-electron chi connectivity index (χ3n) is 3.77. The summed E-state index contributed by atoms with van der Waals surface area (Å²) in [5, 5.41) is 17.7. The molecule has 8 heteroatoms. The summed E-state index contributed by atoms with van der Waals surface area (Å²) in [6, 6.07) is 0. The second-order valence-electron chi connectivity index (χ2n) is 5.16. The van der Waals surface area contributed by atoms with Crippen LogP contribution >= 0.6 is 0 Å². The molecular weight excluding hydrogens is 268 g/mol. The fourth-order valence-corrected chi connectivity index (χ4v) is 2.55. The number of aliphatic carboxylic acids is 2. The molecule has 2 atom stereocenters. The Balaban J connectivity index is 1.84. The first-order chi connectivity index (χ1) is 9.38. The summed E-state index contributed by atoms with van der Waals surface area (Å²) in [7, 11) is 0. The van der Waals surface area contributed by atoms with Crippen molar-refractivity contribution in [1.82, 2.24) is 9.80 Å². The molecule has 0 aromatic heterocycles. The van der Waals surface area contributed by atoms with Gasteiger partial charge in [0.1, 0.15) is 0 Å². The van der Waals surface area contributed by atoms with Crippen molar-refractivity contribution >= 4 is 23.8 Å². The maximum absolute atomic E-state index is 11.6. The van der Waals surface area contributed by atoms with Crippen molar-refractivity contribution in [3.63, 3.8) is 0 Å². The van der Waals surface area contributed by atoms with E-state index < -0.39 is 23.8 Å². The Kier molecular flexibility index (Phi) is 3.91. The van der Waals surface area contributed by atoms with Crippen molar-refractivity contribution in [2.75, 3.05) is 26.2 Å². The van der Waals surface area contributed by atoms with Crippen LogP contribution in [0, 0.1) is 11.8 Å². The first-order valence-corrected chi connectivity index (χ1v) is 6.39. The molecule has 0 saturated carbocycles. The fraction of sp³-hybridized carbons (Fsp3) is 0.667. The summed E-state index contributed by atoms with van der Waals surface area (Å²) in [6.07, 6.45) is -0.0257.